The van der Waals surface area contributed by atoms with Crippen LogP contribution < -0.4 is 0 Å². The second-order valence-corrected chi connectivity index (χ2v) is 7.71. The summed E-state index contributed by atoms with van der Waals surface area (Å²) in [6.07, 6.45) is 3.35. The third kappa shape index (κ3) is 3.68. The summed E-state index contributed by atoms with van der Waals surface area (Å²) in [5.74, 6) is 0.0473. The molecular formula is C13H18N2O3S2. The zero-order valence-corrected chi connectivity index (χ0v) is 13.0. The molecule has 20 heavy (non-hydrogen) atoms. The molecule has 0 radical (unpaired) electrons. The Morgan fingerprint density at radius 3 is 2.60 bits per heavy atom. The summed E-state index contributed by atoms with van der Waals surface area (Å²) < 4.78 is 24.9. The lowest BCUT2D eigenvalue weighted by Gasteiger charge is -2.33. The van der Waals surface area contributed by atoms with Gasteiger partial charge in [0.05, 0.1) is 5.75 Å². The van der Waals surface area contributed by atoms with Crippen LogP contribution in [0.1, 0.15) is 11.8 Å². The first-order valence-corrected chi connectivity index (χ1v) is 9.00. The van der Waals surface area contributed by atoms with E-state index in [0.29, 0.717) is 26.2 Å². The van der Waals surface area contributed by atoms with Crippen LogP contribution in [0.5, 0.6) is 0 Å². The first kappa shape index (κ1) is 15.2. The van der Waals surface area contributed by atoms with Crippen molar-refractivity contribution in [2.24, 2.45) is 0 Å². The molecule has 0 spiro atoms. The van der Waals surface area contributed by atoms with Gasteiger partial charge in [-0.3, -0.25) is 4.79 Å². The molecule has 1 amide bonds. The lowest BCUT2D eigenvalue weighted by molar-refractivity contribution is -0.127. The Kier molecular flexibility index (Phi) is 4.95. The molecule has 0 aliphatic carbocycles. The monoisotopic (exact) mass is 314 g/mol. The highest BCUT2D eigenvalue weighted by molar-refractivity contribution is 7.89. The highest BCUT2D eigenvalue weighted by Crippen LogP contribution is 2.12. The van der Waals surface area contributed by atoms with Crippen molar-refractivity contribution in [3.8, 4) is 0 Å². The summed E-state index contributed by atoms with van der Waals surface area (Å²) >= 11 is 1.57. The topological polar surface area (TPSA) is 57.7 Å². The number of amides is 1. The van der Waals surface area contributed by atoms with Crippen LogP contribution in [0.4, 0.5) is 0 Å². The Morgan fingerprint density at radius 2 is 2.05 bits per heavy atom. The number of nitrogens with zero attached hydrogens (tertiary/aromatic N) is 2. The molecule has 0 aromatic carbocycles. The standard InChI is InChI=1S/C13H18N2O3S2/c1-2-20(17,18)15-9-7-14(8-10-15)13(16)6-5-12-4-3-11-19-12/h3-6,11H,2,7-10H2,1H3. The Balaban J connectivity index is 1.89. The molecule has 0 bridgehead atoms. The summed E-state index contributed by atoms with van der Waals surface area (Å²) in [6, 6.07) is 3.88. The van der Waals surface area contributed by atoms with Crippen molar-refractivity contribution in [1.82, 2.24) is 9.21 Å². The molecule has 2 rings (SSSR count). The maximum absolute atomic E-state index is 12.0. The third-order valence-corrected chi connectivity index (χ3v) is 5.96. The van der Waals surface area contributed by atoms with Crippen molar-refractivity contribution in [3.05, 3.63) is 28.5 Å². The van der Waals surface area contributed by atoms with Crippen molar-refractivity contribution < 1.29 is 13.2 Å². The molecule has 1 fully saturated rings. The van der Waals surface area contributed by atoms with Gasteiger partial charge in [0.25, 0.3) is 0 Å². The quantitative estimate of drug-likeness (QED) is 0.786. The predicted octanol–water partition coefficient (Wildman–Crippen LogP) is 1.26. The zero-order valence-electron chi connectivity index (χ0n) is 11.4. The fourth-order valence-electron chi connectivity index (χ4n) is 2.01. The second-order valence-electron chi connectivity index (χ2n) is 4.47. The SMILES string of the molecule is CCS(=O)(=O)N1CCN(C(=O)C=Cc2cccs2)CC1. The number of thiophene rings is 1. The molecule has 1 aromatic rings. The van der Waals surface area contributed by atoms with Crippen LogP contribution in [-0.2, 0) is 14.8 Å². The van der Waals surface area contributed by atoms with Gasteiger partial charge in [0.1, 0.15) is 0 Å². The van der Waals surface area contributed by atoms with Crippen LogP contribution in [0.3, 0.4) is 0 Å². The Labute approximate surface area is 123 Å². The Morgan fingerprint density at radius 1 is 1.35 bits per heavy atom. The van der Waals surface area contributed by atoms with E-state index in [4.69, 9.17) is 0 Å². The Bertz CT molecular complexity index is 571. The van der Waals surface area contributed by atoms with Crippen molar-refractivity contribution in [2.75, 3.05) is 31.9 Å². The minimum Gasteiger partial charge on any atom is -0.337 e. The smallest absolute Gasteiger partial charge is 0.246 e. The van der Waals surface area contributed by atoms with Gasteiger partial charge in [-0.2, -0.15) is 4.31 Å². The van der Waals surface area contributed by atoms with Crippen LogP contribution in [0.15, 0.2) is 23.6 Å². The highest BCUT2D eigenvalue weighted by atomic mass is 32.2. The van der Waals surface area contributed by atoms with Crippen molar-refractivity contribution >= 4 is 33.3 Å². The molecule has 0 unspecified atom stereocenters. The molecule has 0 atom stereocenters. The lowest BCUT2D eigenvalue weighted by Crippen LogP contribution is -2.50. The molecule has 1 aliphatic rings. The molecule has 110 valence electrons. The number of piperazine rings is 1. The van der Waals surface area contributed by atoms with Crippen LogP contribution in [0.25, 0.3) is 6.08 Å². The van der Waals surface area contributed by atoms with Gasteiger partial charge in [0.2, 0.25) is 15.9 Å². The minimum atomic E-state index is -3.14. The van der Waals surface area contributed by atoms with Gasteiger partial charge in [0.15, 0.2) is 0 Å². The number of hydrogen-bond acceptors (Lipinski definition) is 4. The van der Waals surface area contributed by atoms with Gasteiger partial charge < -0.3 is 4.90 Å². The first-order valence-electron chi connectivity index (χ1n) is 6.51. The summed E-state index contributed by atoms with van der Waals surface area (Å²) in [6.45, 7) is 3.31. The van der Waals surface area contributed by atoms with Gasteiger partial charge in [-0.25, -0.2) is 8.42 Å². The molecule has 5 nitrogen and oxygen atoms in total. The molecule has 7 heteroatoms. The molecule has 1 aliphatic heterocycles. The second kappa shape index (κ2) is 6.51. The number of rotatable bonds is 4. The predicted molar refractivity (Wildman–Crippen MR) is 81.0 cm³/mol. The average molecular weight is 314 g/mol. The first-order chi connectivity index (χ1) is 9.53. The van der Waals surface area contributed by atoms with Crippen LogP contribution in [-0.4, -0.2) is 55.5 Å². The molecule has 1 saturated heterocycles. The summed E-state index contributed by atoms with van der Waals surface area (Å²) in [4.78, 5) is 14.7. The Hall–Kier alpha value is -1.18. The summed E-state index contributed by atoms with van der Waals surface area (Å²) in [7, 11) is -3.14. The zero-order chi connectivity index (χ0) is 14.6. The van der Waals surface area contributed by atoms with E-state index in [1.165, 1.54) is 4.31 Å². The highest BCUT2D eigenvalue weighted by Gasteiger charge is 2.26. The number of carbonyl (C=O) groups is 1. The summed E-state index contributed by atoms with van der Waals surface area (Å²) in [5, 5.41) is 1.96. The van der Waals surface area contributed by atoms with E-state index in [1.54, 1.807) is 35.3 Å². The number of hydrogen-bond donors (Lipinski definition) is 0. The van der Waals surface area contributed by atoms with E-state index in [1.807, 2.05) is 17.5 Å². The van der Waals surface area contributed by atoms with E-state index < -0.39 is 10.0 Å². The van der Waals surface area contributed by atoms with Gasteiger partial charge in [0, 0.05) is 37.1 Å². The fourth-order valence-corrected chi connectivity index (χ4v) is 3.72. The van der Waals surface area contributed by atoms with Gasteiger partial charge >= 0.3 is 0 Å². The van der Waals surface area contributed by atoms with E-state index in [-0.39, 0.29) is 11.7 Å². The van der Waals surface area contributed by atoms with Crippen molar-refractivity contribution in [3.63, 3.8) is 0 Å². The van der Waals surface area contributed by atoms with Crippen LogP contribution in [0, 0.1) is 0 Å². The fraction of sp³-hybridized carbons (Fsp3) is 0.462. The summed E-state index contributed by atoms with van der Waals surface area (Å²) in [5.41, 5.74) is 0. The molecule has 1 aromatic heterocycles. The maximum Gasteiger partial charge on any atom is 0.246 e. The normalized spacial score (nSPS) is 17.8. The van der Waals surface area contributed by atoms with Crippen molar-refractivity contribution in [2.45, 2.75) is 6.92 Å². The van der Waals surface area contributed by atoms with Gasteiger partial charge in [-0.15, -0.1) is 11.3 Å². The van der Waals surface area contributed by atoms with Crippen molar-refractivity contribution in [1.29, 1.82) is 0 Å². The number of sulfonamides is 1. The van der Waals surface area contributed by atoms with Gasteiger partial charge in [-0.05, 0) is 24.4 Å². The van der Waals surface area contributed by atoms with Crippen LogP contribution >= 0.6 is 11.3 Å². The largest absolute Gasteiger partial charge is 0.337 e. The van der Waals surface area contributed by atoms with E-state index in [0.717, 1.165) is 4.88 Å². The van der Waals surface area contributed by atoms with E-state index in [2.05, 4.69) is 0 Å². The van der Waals surface area contributed by atoms with Gasteiger partial charge in [-0.1, -0.05) is 6.07 Å². The third-order valence-electron chi connectivity index (χ3n) is 3.24. The van der Waals surface area contributed by atoms with E-state index in [9.17, 15) is 13.2 Å². The maximum atomic E-state index is 12.0. The molecule has 0 N–H and O–H groups in total. The van der Waals surface area contributed by atoms with E-state index >= 15 is 0 Å². The number of carbonyl (C=O) groups excluding carboxylic acids is 1. The lowest BCUT2D eigenvalue weighted by atomic mass is 10.3. The molecule has 2 heterocycles. The molecular weight excluding hydrogens is 296 g/mol. The average Bonchev–Trinajstić information content (AvgIpc) is 2.98. The van der Waals surface area contributed by atoms with Crippen LogP contribution in [0.2, 0.25) is 0 Å². The molecule has 0 saturated carbocycles. The minimum absolute atomic E-state index is 0.0630.